The number of nitrogens with zero attached hydrogens (tertiary/aromatic N) is 2. The second kappa shape index (κ2) is 5.82. The Balaban J connectivity index is 1.67. The van der Waals surface area contributed by atoms with Crippen LogP contribution in [-0.2, 0) is 6.42 Å². The van der Waals surface area contributed by atoms with E-state index in [-0.39, 0.29) is 5.91 Å². The van der Waals surface area contributed by atoms with Crippen molar-refractivity contribution in [3.63, 3.8) is 0 Å². The summed E-state index contributed by atoms with van der Waals surface area (Å²) in [5.41, 5.74) is 0.642. The summed E-state index contributed by atoms with van der Waals surface area (Å²) in [4.78, 5) is 19.1. The van der Waals surface area contributed by atoms with E-state index in [4.69, 9.17) is 0 Å². The maximum Gasteiger partial charge on any atom is 0.273 e. The van der Waals surface area contributed by atoms with Crippen LogP contribution in [0, 0.1) is 5.92 Å². The van der Waals surface area contributed by atoms with E-state index < -0.39 is 0 Å². The number of carbonyl (C=O) groups excluding carboxylic acids is 1. The second-order valence-corrected chi connectivity index (χ2v) is 7.34. The van der Waals surface area contributed by atoms with E-state index in [1.807, 2.05) is 10.3 Å². The molecule has 2 aliphatic rings. The molecule has 0 aliphatic carbocycles. The van der Waals surface area contributed by atoms with Gasteiger partial charge in [0.15, 0.2) is 0 Å². The molecule has 2 atom stereocenters. The molecule has 1 N–H and O–H groups in total. The third-order valence-electron chi connectivity index (χ3n) is 4.16. The SMILES string of the molecule is CC(C)Cc1nc(C(=O)N2CCC3CCC(C2)N3)cs1. The summed E-state index contributed by atoms with van der Waals surface area (Å²) in [6.07, 6.45) is 4.50. The molecule has 1 amide bonds. The average molecular weight is 293 g/mol. The summed E-state index contributed by atoms with van der Waals surface area (Å²) < 4.78 is 0. The third kappa shape index (κ3) is 3.04. The third-order valence-corrected chi connectivity index (χ3v) is 5.04. The minimum absolute atomic E-state index is 0.116. The fraction of sp³-hybridized carbons (Fsp3) is 0.733. The molecular weight excluding hydrogens is 270 g/mol. The van der Waals surface area contributed by atoms with Crippen LogP contribution in [0.15, 0.2) is 5.38 Å². The normalized spacial score (nSPS) is 26.1. The van der Waals surface area contributed by atoms with E-state index in [0.29, 0.717) is 23.7 Å². The van der Waals surface area contributed by atoms with Crippen molar-refractivity contribution in [2.24, 2.45) is 5.92 Å². The zero-order chi connectivity index (χ0) is 14.1. The molecule has 2 fully saturated rings. The number of aromatic nitrogens is 1. The van der Waals surface area contributed by atoms with Gasteiger partial charge in [-0.2, -0.15) is 0 Å². The highest BCUT2D eigenvalue weighted by Gasteiger charge is 2.32. The highest BCUT2D eigenvalue weighted by atomic mass is 32.1. The summed E-state index contributed by atoms with van der Waals surface area (Å²) in [6.45, 7) is 6.07. The number of fused-ring (bicyclic) bond motifs is 2. The molecule has 2 aliphatic heterocycles. The van der Waals surface area contributed by atoms with Crippen molar-refractivity contribution in [1.82, 2.24) is 15.2 Å². The van der Waals surface area contributed by atoms with Gasteiger partial charge in [0.25, 0.3) is 5.91 Å². The van der Waals surface area contributed by atoms with E-state index in [1.54, 1.807) is 11.3 Å². The molecular formula is C15H23N3OS. The number of thiazole rings is 1. The lowest BCUT2D eigenvalue weighted by Gasteiger charge is -2.23. The molecule has 0 saturated carbocycles. The molecule has 2 bridgehead atoms. The number of hydrogen-bond donors (Lipinski definition) is 1. The number of rotatable bonds is 3. The molecule has 110 valence electrons. The van der Waals surface area contributed by atoms with Gasteiger partial charge in [-0.05, 0) is 25.2 Å². The van der Waals surface area contributed by atoms with Crippen LogP contribution in [0.25, 0.3) is 0 Å². The fourth-order valence-electron chi connectivity index (χ4n) is 3.14. The molecule has 5 heteroatoms. The topological polar surface area (TPSA) is 45.2 Å². The lowest BCUT2D eigenvalue weighted by Crippen LogP contribution is -2.39. The molecule has 3 rings (SSSR count). The van der Waals surface area contributed by atoms with Gasteiger partial charge in [-0.1, -0.05) is 13.8 Å². The molecule has 4 nitrogen and oxygen atoms in total. The maximum absolute atomic E-state index is 12.6. The Hall–Kier alpha value is -0.940. The molecule has 1 aromatic rings. The van der Waals surface area contributed by atoms with Crippen LogP contribution < -0.4 is 5.32 Å². The van der Waals surface area contributed by atoms with Gasteiger partial charge in [-0.15, -0.1) is 11.3 Å². The number of nitrogens with one attached hydrogen (secondary N) is 1. The zero-order valence-electron chi connectivity index (χ0n) is 12.3. The van der Waals surface area contributed by atoms with Gasteiger partial charge >= 0.3 is 0 Å². The summed E-state index contributed by atoms with van der Waals surface area (Å²) in [5, 5.41) is 6.62. The lowest BCUT2D eigenvalue weighted by atomic mass is 10.1. The van der Waals surface area contributed by atoms with Crippen LogP contribution in [0.4, 0.5) is 0 Å². The largest absolute Gasteiger partial charge is 0.336 e. The van der Waals surface area contributed by atoms with Crippen molar-refractivity contribution in [2.45, 2.75) is 51.6 Å². The van der Waals surface area contributed by atoms with E-state index in [1.165, 1.54) is 12.8 Å². The molecule has 0 aromatic carbocycles. The van der Waals surface area contributed by atoms with Crippen molar-refractivity contribution in [2.75, 3.05) is 13.1 Å². The summed E-state index contributed by atoms with van der Waals surface area (Å²) in [5.74, 6) is 0.702. The van der Waals surface area contributed by atoms with Crippen molar-refractivity contribution < 1.29 is 4.79 Å². The first-order valence-corrected chi connectivity index (χ1v) is 8.49. The Morgan fingerprint density at radius 3 is 3.05 bits per heavy atom. The standard InChI is InChI=1S/C15H23N3OS/c1-10(2)7-14-17-13(9-20-14)15(19)18-6-5-11-3-4-12(8-18)16-11/h9-12,16H,3-8H2,1-2H3. The van der Waals surface area contributed by atoms with Crippen molar-refractivity contribution in [1.29, 1.82) is 0 Å². The molecule has 1 aromatic heterocycles. The smallest absolute Gasteiger partial charge is 0.273 e. The molecule has 2 unspecified atom stereocenters. The number of amides is 1. The summed E-state index contributed by atoms with van der Waals surface area (Å²) >= 11 is 1.62. The van der Waals surface area contributed by atoms with Crippen LogP contribution in [0.3, 0.4) is 0 Å². The molecule has 20 heavy (non-hydrogen) atoms. The quantitative estimate of drug-likeness (QED) is 0.930. The van der Waals surface area contributed by atoms with E-state index in [9.17, 15) is 4.79 Å². The minimum Gasteiger partial charge on any atom is -0.336 e. The summed E-state index contributed by atoms with van der Waals surface area (Å²) in [6, 6.07) is 1.10. The predicted molar refractivity (Wildman–Crippen MR) is 81.1 cm³/mol. The van der Waals surface area contributed by atoms with E-state index in [0.717, 1.165) is 30.9 Å². The number of hydrogen-bond acceptors (Lipinski definition) is 4. The predicted octanol–water partition coefficient (Wildman–Crippen LogP) is 2.31. The Kier molecular flexibility index (Phi) is 4.08. The van der Waals surface area contributed by atoms with Gasteiger partial charge < -0.3 is 10.2 Å². The summed E-state index contributed by atoms with van der Waals surface area (Å²) in [7, 11) is 0. The van der Waals surface area contributed by atoms with Gasteiger partial charge in [0.2, 0.25) is 0 Å². The lowest BCUT2D eigenvalue weighted by molar-refractivity contribution is 0.0743. The van der Waals surface area contributed by atoms with E-state index >= 15 is 0 Å². The van der Waals surface area contributed by atoms with Gasteiger partial charge in [0.1, 0.15) is 5.69 Å². The Morgan fingerprint density at radius 2 is 2.25 bits per heavy atom. The first kappa shape index (κ1) is 14.0. The van der Waals surface area contributed by atoms with Gasteiger partial charge in [0.05, 0.1) is 5.01 Å². The van der Waals surface area contributed by atoms with Gasteiger partial charge in [0, 0.05) is 37.0 Å². The van der Waals surface area contributed by atoms with Crippen LogP contribution in [0.1, 0.15) is 48.6 Å². The highest BCUT2D eigenvalue weighted by Crippen LogP contribution is 2.22. The van der Waals surface area contributed by atoms with Crippen LogP contribution in [-0.4, -0.2) is 41.0 Å². The Morgan fingerprint density at radius 1 is 1.45 bits per heavy atom. The van der Waals surface area contributed by atoms with E-state index in [2.05, 4.69) is 24.1 Å². The molecule has 3 heterocycles. The second-order valence-electron chi connectivity index (χ2n) is 6.40. The first-order valence-electron chi connectivity index (χ1n) is 7.61. The van der Waals surface area contributed by atoms with Crippen LogP contribution >= 0.6 is 11.3 Å². The van der Waals surface area contributed by atoms with Crippen LogP contribution in [0.5, 0.6) is 0 Å². The molecule has 2 saturated heterocycles. The number of likely N-dealkylation sites (tertiary alicyclic amines) is 1. The Labute approximate surface area is 124 Å². The number of carbonyl (C=O) groups is 1. The fourth-order valence-corrected chi connectivity index (χ4v) is 4.12. The van der Waals surface area contributed by atoms with Crippen molar-refractivity contribution in [3.8, 4) is 0 Å². The minimum atomic E-state index is 0.116. The van der Waals surface area contributed by atoms with Gasteiger partial charge in [-0.25, -0.2) is 4.98 Å². The van der Waals surface area contributed by atoms with Crippen molar-refractivity contribution in [3.05, 3.63) is 16.1 Å². The molecule has 0 spiro atoms. The highest BCUT2D eigenvalue weighted by molar-refractivity contribution is 7.09. The van der Waals surface area contributed by atoms with Crippen molar-refractivity contribution >= 4 is 17.2 Å². The van der Waals surface area contributed by atoms with Crippen LogP contribution in [0.2, 0.25) is 0 Å². The monoisotopic (exact) mass is 293 g/mol. The maximum atomic E-state index is 12.6. The average Bonchev–Trinajstić information content (AvgIpc) is 2.95. The first-order chi connectivity index (χ1) is 9.61. The molecule has 0 radical (unpaired) electrons. The Bertz CT molecular complexity index is 485. The zero-order valence-corrected chi connectivity index (χ0v) is 13.1. The van der Waals surface area contributed by atoms with Gasteiger partial charge in [-0.3, -0.25) is 4.79 Å².